The van der Waals surface area contributed by atoms with Gasteiger partial charge in [0.2, 0.25) is 5.91 Å². The lowest BCUT2D eigenvalue weighted by molar-refractivity contribution is -0.379. The number of unbranched alkanes of at least 4 members (excludes halogenated alkanes) is 25. The second kappa shape index (κ2) is 43.0. The third-order valence-electron chi connectivity index (χ3n) is 15.5. The number of allylic oxidation sites excluding steroid dienone is 4. The van der Waals surface area contributed by atoms with Gasteiger partial charge in [-0.3, -0.25) is 4.79 Å². The molecule has 0 saturated carbocycles. The molecule has 458 valence electrons. The van der Waals surface area contributed by atoms with Gasteiger partial charge in [-0.25, -0.2) is 0 Å². The Balaban J connectivity index is 1.49. The van der Waals surface area contributed by atoms with Crippen LogP contribution in [0.3, 0.4) is 0 Å². The fraction of sp³-hybridized carbons (Fsp3) is 0.915. The van der Waals surface area contributed by atoms with Gasteiger partial charge in [0.1, 0.15) is 73.2 Å². The first-order valence-corrected chi connectivity index (χ1v) is 30.6. The average molecular weight is 1120 g/mol. The highest BCUT2D eigenvalue weighted by Crippen LogP contribution is 2.33. The van der Waals surface area contributed by atoms with E-state index in [1.807, 2.05) is 0 Å². The average Bonchev–Trinajstić information content (AvgIpc) is 3.47. The van der Waals surface area contributed by atoms with E-state index < -0.39 is 124 Å². The fourth-order valence-electron chi connectivity index (χ4n) is 10.4. The van der Waals surface area contributed by atoms with Gasteiger partial charge < -0.3 is 89.9 Å². The third-order valence-corrected chi connectivity index (χ3v) is 15.5. The molecule has 0 aliphatic carbocycles. The van der Waals surface area contributed by atoms with Crippen LogP contribution in [-0.2, 0) is 33.2 Å². The van der Waals surface area contributed by atoms with Crippen LogP contribution in [0.25, 0.3) is 0 Å². The summed E-state index contributed by atoms with van der Waals surface area (Å²) in [5.41, 5.74) is 0. The highest BCUT2D eigenvalue weighted by Gasteiger charge is 2.53. The Kier molecular flexibility index (Phi) is 38.9. The summed E-state index contributed by atoms with van der Waals surface area (Å²) in [7, 11) is 0. The van der Waals surface area contributed by atoms with Gasteiger partial charge in [0.25, 0.3) is 0 Å². The van der Waals surface area contributed by atoms with Crippen LogP contribution in [0.5, 0.6) is 0 Å². The van der Waals surface area contributed by atoms with Gasteiger partial charge in [-0.1, -0.05) is 192 Å². The Hall–Kier alpha value is -1.73. The number of rotatable bonds is 45. The zero-order chi connectivity index (χ0) is 56.9. The van der Waals surface area contributed by atoms with Crippen molar-refractivity contribution in [3.05, 3.63) is 24.3 Å². The molecule has 19 heteroatoms. The molecule has 0 aromatic rings. The van der Waals surface area contributed by atoms with Crippen molar-refractivity contribution in [2.75, 3.05) is 26.4 Å². The van der Waals surface area contributed by atoms with E-state index in [4.69, 9.17) is 28.4 Å². The molecule has 0 aromatic carbocycles. The maximum atomic E-state index is 13.3. The molecule has 3 fully saturated rings. The van der Waals surface area contributed by atoms with E-state index in [2.05, 4.69) is 43.5 Å². The van der Waals surface area contributed by atoms with Gasteiger partial charge in [-0.05, 0) is 38.5 Å². The van der Waals surface area contributed by atoms with Crippen LogP contribution in [0.15, 0.2) is 24.3 Å². The van der Waals surface area contributed by atoms with Crippen molar-refractivity contribution in [2.24, 2.45) is 0 Å². The van der Waals surface area contributed by atoms with Gasteiger partial charge in [-0.15, -0.1) is 0 Å². The molecule has 0 bridgehead atoms. The second-order valence-corrected chi connectivity index (χ2v) is 22.2. The summed E-state index contributed by atoms with van der Waals surface area (Å²) in [6, 6.07) is -0.892. The normalized spacial score (nSPS) is 30.6. The molecule has 3 aliphatic rings. The monoisotopic (exact) mass is 1120 g/mol. The van der Waals surface area contributed by atoms with E-state index in [9.17, 15) is 61.0 Å². The maximum absolute atomic E-state index is 13.3. The molecule has 0 spiro atoms. The summed E-state index contributed by atoms with van der Waals surface area (Å²) < 4.78 is 34.3. The summed E-state index contributed by atoms with van der Waals surface area (Å²) in [4.78, 5) is 13.3. The van der Waals surface area contributed by atoms with Gasteiger partial charge in [0.15, 0.2) is 18.9 Å². The molecule has 3 rings (SSSR count). The smallest absolute Gasteiger partial charge is 0.220 e. The quantitative estimate of drug-likeness (QED) is 0.0263. The first-order valence-electron chi connectivity index (χ1n) is 30.6. The SMILES string of the molecule is CCCC/C=C\C/C=C\CCCCCCCC(=O)NC(COC1OC(CO)C(OC2OC(CO)C(OC3OC(CO)C(O)C(O)C3O)C(O)C2O)C(O)C1O)C(O)CCCCCCCCCCCCCCCCCCCCC. The number of ether oxygens (including phenoxy) is 6. The largest absolute Gasteiger partial charge is 0.394 e. The number of amides is 1. The zero-order valence-electron chi connectivity index (χ0n) is 47.7. The summed E-state index contributed by atoms with van der Waals surface area (Å²) in [6.45, 7) is 1.74. The van der Waals surface area contributed by atoms with Crippen LogP contribution < -0.4 is 5.32 Å². The summed E-state index contributed by atoms with van der Waals surface area (Å²) in [5, 5.41) is 120. The first kappa shape index (κ1) is 70.5. The third kappa shape index (κ3) is 26.7. The Labute approximate surface area is 467 Å². The predicted octanol–water partition coefficient (Wildman–Crippen LogP) is 5.54. The van der Waals surface area contributed by atoms with Crippen LogP contribution in [0.1, 0.15) is 213 Å². The van der Waals surface area contributed by atoms with Crippen molar-refractivity contribution in [1.29, 1.82) is 0 Å². The maximum Gasteiger partial charge on any atom is 0.220 e. The molecular weight excluding hydrogens is 1010 g/mol. The van der Waals surface area contributed by atoms with Crippen LogP contribution in [0, 0.1) is 0 Å². The van der Waals surface area contributed by atoms with E-state index >= 15 is 0 Å². The van der Waals surface area contributed by atoms with Crippen molar-refractivity contribution in [3.63, 3.8) is 0 Å². The lowest BCUT2D eigenvalue weighted by Crippen LogP contribution is -2.66. The summed E-state index contributed by atoms with van der Waals surface area (Å²) in [5.74, 6) is -0.257. The standard InChI is InChI=1S/C59H109NO18/c1-3-5-7-9-11-13-15-17-19-20-21-22-23-24-26-28-30-32-34-36-43(64)42(60-47(65)37-35-33-31-29-27-25-18-16-14-12-10-8-6-4-2)41-73-57-53(71)50(68)55(45(39-62)75-57)78-59-54(72)51(69)56(46(40-63)76-59)77-58-52(70)49(67)48(66)44(38-61)74-58/h10,12,16,18,42-46,48-59,61-64,66-72H,3-9,11,13-15,17,19-41H2,1-2H3,(H,60,65)/b12-10-,18-16-. The number of aliphatic hydroxyl groups is 11. The van der Waals surface area contributed by atoms with E-state index in [1.165, 1.54) is 109 Å². The number of aliphatic hydroxyl groups excluding tert-OH is 11. The first-order chi connectivity index (χ1) is 37.8. The van der Waals surface area contributed by atoms with Crippen molar-refractivity contribution in [1.82, 2.24) is 5.32 Å². The highest BCUT2D eigenvalue weighted by atomic mass is 16.8. The van der Waals surface area contributed by atoms with Crippen LogP contribution in [0.4, 0.5) is 0 Å². The van der Waals surface area contributed by atoms with Crippen molar-refractivity contribution < 1.29 is 89.4 Å². The summed E-state index contributed by atoms with van der Waals surface area (Å²) in [6.07, 6.45) is 16.9. The molecule has 0 radical (unpaired) electrons. The molecular formula is C59H109NO18. The minimum absolute atomic E-state index is 0.251. The molecule has 12 N–H and O–H groups in total. The second-order valence-electron chi connectivity index (χ2n) is 22.2. The molecule has 17 atom stereocenters. The summed E-state index contributed by atoms with van der Waals surface area (Å²) >= 11 is 0. The van der Waals surface area contributed by atoms with Crippen molar-refractivity contribution in [2.45, 2.75) is 317 Å². The van der Waals surface area contributed by atoms with E-state index in [-0.39, 0.29) is 18.9 Å². The van der Waals surface area contributed by atoms with Gasteiger partial charge in [0.05, 0.1) is 38.6 Å². The van der Waals surface area contributed by atoms with Crippen molar-refractivity contribution >= 4 is 5.91 Å². The highest BCUT2D eigenvalue weighted by molar-refractivity contribution is 5.76. The van der Waals surface area contributed by atoms with Crippen LogP contribution >= 0.6 is 0 Å². The minimum atomic E-state index is -1.97. The number of carbonyl (C=O) groups excluding carboxylic acids is 1. The van der Waals surface area contributed by atoms with Gasteiger partial charge in [-0.2, -0.15) is 0 Å². The molecule has 19 nitrogen and oxygen atoms in total. The van der Waals surface area contributed by atoms with Crippen LogP contribution in [0.2, 0.25) is 0 Å². The van der Waals surface area contributed by atoms with Gasteiger partial charge >= 0.3 is 0 Å². The van der Waals surface area contributed by atoms with E-state index in [1.54, 1.807) is 0 Å². The Morgan fingerprint density at radius 1 is 0.462 bits per heavy atom. The lowest BCUT2D eigenvalue weighted by atomic mass is 9.96. The Bertz CT molecular complexity index is 1530. The molecule has 0 aromatic heterocycles. The fourth-order valence-corrected chi connectivity index (χ4v) is 10.4. The predicted molar refractivity (Wildman–Crippen MR) is 296 cm³/mol. The molecule has 3 aliphatic heterocycles. The molecule has 1 amide bonds. The number of carbonyl (C=O) groups is 1. The van der Waals surface area contributed by atoms with E-state index in [0.717, 1.165) is 70.6 Å². The molecule has 3 heterocycles. The molecule has 78 heavy (non-hydrogen) atoms. The topological polar surface area (TPSA) is 307 Å². The zero-order valence-corrected chi connectivity index (χ0v) is 47.7. The van der Waals surface area contributed by atoms with E-state index in [0.29, 0.717) is 12.8 Å². The van der Waals surface area contributed by atoms with Gasteiger partial charge in [0, 0.05) is 6.42 Å². The Morgan fingerprint density at radius 3 is 1.35 bits per heavy atom. The van der Waals surface area contributed by atoms with Crippen molar-refractivity contribution in [3.8, 4) is 0 Å². The van der Waals surface area contributed by atoms with Crippen LogP contribution in [-0.4, -0.2) is 193 Å². The Morgan fingerprint density at radius 2 is 0.859 bits per heavy atom. The molecule has 17 unspecified atom stereocenters. The molecule has 3 saturated heterocycles. The lowest BCUT2D eigenvalue weighted by Gasteiger charge is -2.48. The number of nitrogens with one attached hydrogen (secondary N) is 1. The number of hydrogen-bond acceptors (Lipinski definition) is 18. The minimum Gasteiger partial charge on any atom is -0.394 e. The number of hydrogen-bond donors (Lipinski definition) is 12.